The molecule has 1 heterocycles. The molecule has 0 aliphatic rings. The molecular weight excluding hydrogens is 313 g/mol. The second-order valence-electron chi connectivity index (χ2n) is 4.32. The number of benzene rings is 1. The van der Waals surface area contributed by atoms with E-state index in [1.54, 1.807) is 0 Å². The maximum absolute atomic E-state index is 13.0. The minimum Gasteiger partial charge on any atom is -0.396 e. The molecule has 0 bridgehead atoms. The normalized spacial score (nSPS) is 10.4. The Morgan fingerprint density at radius 3 is 2.86 bits per heavy atom. The van der Waals surface area contributed by atoms with E-state index in [4.69, 9.17) is 5.73 Å². The molecule has 0 saturated heterocycles. The van der Waals surface area contributed by atoms with Crippen LogP contribution < -0.4 is 16.0 Å². The van der Waals surface area contributed by atoms with E-state index < -0.39 is 5.82 Å². The van der Waals surface area contributed by atoms with Crippen LogP contribution in [0.15, 0.2) is 22.5 Å². The van der Waals surface area contributed by atoms with Crippen LogP contribution in [0.1, 0.15) is 0 Å². The van der Waals surface area contributed by atoms with E-state index >= 15 is 0 Å². The van der Waals surface area contributed by atoms with Gasteiger partial charge in [0.1, 0.15) is 5.82 Å². The average molecular weight is 327 g/mol. The largest absolute Gasteiger partial charge is 0.396 e. The number of nitrogens with zero attached hydrogens (tertiary/aromatic N) is 3. The summed E-state index contributed by atoms with van der Waals surface area (Å²) in [5.41, 5.74) is 5.90. The minimum absolute atomic E-state index is 0.000186. The Morgan fingerprint density at radius 1 is 1.48 bits per heavy atom. The first-order chi connectivity index (χ1) is 9.95. The third-order valence-corrected chi connectivity index (χ3v) is 4.61. The van der Waals surface area contributed by atoms with Gasteiger partial charge >= 0.3 is 0 Å². The number of amides is 1. The fraction of sp³-hybridized carbons (Fsp3) is 0.250. The predicted octanol–water partition coefficient (Wildman–Crippen LogP) is 2.06. The Balaban J connectivity index is 1.88. The van der Waals surface area contributed by atoms with E-state index in [0.717, 1.165) is 5.13 Å². The third kappa shape index (κ3) is 4.30. The van der Waals surface area contributed by atoms with Gasteiger partial charge in [-0.3, -0.25) is 4.79 Å². The van der Waals surface area contributed by atoms with Crippen molar-refractivity contribution in [1.82, 2.24) is 10.2 Å². The molecule has 2 aromatic rings. The summed E-state index contributed by atoms with van der Waals surface area (Å²) >= 11 is 2.70. The van der Waals surface area contributed by atoms with Crippen LogP contribution in [-0.4, -0.2) is 36.0 Å². The second kappa shape index (κ2) is 6.72. The summed E-state index contributed by atoms with van der Waals surface area (Å²) in [6.07, 6.45) is 0. The van der Waals surface area contributed by atoms with Crippen molar-refractivity contribution < 1.29 is 9.18 Å². The highest BCUT2D eigenvalue weighted by Crippen LogP contribution is 2.26. The van der Waals surface area contributed by atoms with Gasteiger partial charge in [0.2, 0.25) is 11.0 Å². The Bertz CT molecular complexity index is 646. The summed E-state index contributed by atoms with van der Waals surface area (Å²) in [6.45, 7) is 0. The number of anilines is 3. The maximum atomic E-state index is 13.0. The summed E-state index contributed by atoms with van der Waals surface area (Å²) in [4.78, 5) is 13.7. The molecule has 0 radical (unpaired) electrons. The molecule has 3 N–H and O–H groups in total. The van der Waals surface area contributed by atoms with Gasteiger partial charge in [-0.05, 0) is 18.2 Å². The lowest BCUT2D eigenvalue weighted by Gasteiger charge is -2.05. The fourth-order valence-corrected chi connectivity index (χ4v) is 2.95. The smallest absolute Gasteiger partial charge is 0.234 e. The quantitative estimate of drug-likeness (QED) is 0.646. The Labute approximate surface area is 129 Å². The molecule has 2 rings (SSSR count). The molecule has 9 heteroatoms. The van der Waals surface area contributed by atoms with Gasteiger partial charge in [-0.25, -0.2) is 4.39 Å². The molecule has 1 amide bonds. The first kappa shape index (κ1) is 15.5. The number of hydrogen-bond donors (Lipinski definition) is 2. The zero-order valence-electron chi connectivity index (χ0n) is 11.5. The molecule has 0 aliphatic carbocycles. The lowest BCUT2D eigenvalue weighted by Crippen LogP contribution is -2.14. The monoisotopic (exact) mass is 327 g/mol. The zero-order valence-corrected chi connectivity index (χ0v) is 13.1. The van der Waals surface area contributed by atoms with E-state index in [-0.39, 0.29) is 17.3 Å². The highest BCUT2D eigenvalue weighted by Gasteiger charge is 2.10. The number of nitrogen functional groups attached to an aromatic ring is 1. The van der Waals surface area contributed by atoms with Gasteiger partial charge in [0.05, 0.1) is 11.4 Å². The van der Waals surface area contributed by atoms with Crippen LogP contribution in [0.2, 0.25) is 0 Å². The van der Waals surface area contributed by atoms with Crippen molar-refractivity contribution in [3.8, 4) is 0 Å². The average Bonchev–Trinajstić information content (AvgIpc) is 2.90. The lowest BCUT2D eigenvalue weighted by atomic mass is 10.2. The van der Waals surface area contributed by atoms with Gasteiger partial charge < -0.3 is 16.0 Å². The van der Waals surface area contributed by atoms with Gasteiger partial charge in [0.15, 0.2) is 4.34 Å². The third-order valence-electron chi connectivity index (χ3n) is 2.38. The molecule has 1 aromatic heterocycles. The number of carbonyl (C=O) groups excluding carboxylic acids is 1. The van der Waals surface area contributed by atoms with Crippen LogP contribution in [0.25, 0.3) is 0 Å². The molecule has 0 aliphatic heterocycles. The number of aromatic nitrogens is 2. The second-order valence-corrected chi connectivity index (χ2v) is 6.50. The topological polar surface area (TPSA) is 84.1 Å². The first-order valence-electron chi connectivity index (χ1n) is 5.94. The van der Waals surface area contributed by atoms with Crippen LogP contribution in [-0.2, 0) is 4.79 Å². The van der Waals surface area contributed by atoms with Crippen molar-refractivity contribution in [1.29, 1.82) is 0 Å². The summed E-state index contributed by atoms with van der Waals surface area (Å²) in [5.74, 6) is -0.528. The van der Waals surface area contributed by atoms with Crippen molar-refractivity contribution in [2.75, 3.05) is 35.8 Å². The summed E-state index contributed by atoms with van der Waals surface area (Å²) in [6, 6.07) is 4.06. The van der Waals surface area contributed by atoms with Crippen LogP contribution in [0.4, 0.5) is 20.9 Å². The van der Waals surface area contributed by atoms with Crippen molar-refractivity contribution in [3.63, 3.8) is 0 Å². The number of rotatable bonds is 5. The molecule has 0 fully saturated rings. The molecule has 0 unspecified atom stereocenters. The molecule has 21 heavy (non-hydrogen) atoms. The number of halogens is 1. The van der Waals surface area contributed by atoms with Crippen LogP contribution >= 0.6 is 23.1 Å². The lowest BCUT2D eigenvalue weighted by molar-refractivity contribution is -0.113. The Kier molecular flexibility index (Phi) is 4.97. The van der Waals surface area contributed by atoms with E-state index in [9.17, 15) is 9.18 Å². The minimum atomic E-state index is -0.507. The SMILES string of the molecule is CN(C)c1nnc(SCC(=O)Nc2ccc(F)c(N)c2)s1. The van der Waals surface area contributed by atoms with E-state index in [1.165, 1.54) is 41.3 Å². The number of thioether (sulfide) groups is 1. The van der Waals surface area contributed by atoms with Gasteiger partial charge in [0.25, 0.3) is 0 Å². The van der Waals surface area contributed by atoms with Gasteiger partial charge in [0, 0.05) is 19.8 Å². The molecule has 0 spiro atoms. The molecule has 0 atom stereocenters. The van der Waals surface area contributed by atoms with Crippen LogP contribution in [0.3, 0.4) is 0 Å². The molecule has 0 saturated carbocycles. The maximum Gasteiger partial charge on any atom is 0.234 e. The molecule has 1 aromatic carbocycles. The zero-order chi connectivity index (χ0) is 15.4. The van der Waals surface area contributed by atoms with Crippen molar-refractivity contribution in [2.45, 2.75) is 4.34 Å². The Hall–Kier alpha value is -1.87. The number of carbonyl (C=O) groups is 1. The summed E-state index contributed by atoms with van der Waals surface area (Å²) in [5, 5.41) is 11.4. The molecule has 112 valence electrons. The first-order valence-corrected chi connectivity index (χ1v) is 7.74. The van der Waals surface area contributed by atoms with E-state index in [2.05, 4.69) is 15.5 Å². The van der Waals surface area contributed by atoms with E-state index in [1.807, 2.05) is 19.0 Å². The van der Waals surface area contributed by atoms with Gasteiger partial charge in [-0.2, -0.15) is 0 Å². The van der Waals surface area contributed by atoms with Crippen molar-refractivity contribution in [3.05, 3.63) is 24.0 Å². The fourth-order valence-electron chi connectivity index (χ4n) is 1.39. The highest BCUT2D eigenvalue weighted by molar-refractivity contribution is 8.01. The standard InChI is InChI=1S/C12H14FN5OS2/c1-18(2)11-16-17-12(21-11)20-6-10(19)15-7-3-4-8(13)9(14)5-7/h3-5H,6,14H2,1-2H3,(H,15,19). The Morgan fingerprint density at radius 2 is 2.24 bits per heavy atom. The highest BCUT2D eigenvalue weighted by atomic mass is 32.2. The predicted molar refractivity (Wildman–Crippen MR) is 84.4 cm³/mol. The van der Waals surface area contributed by atoms with E-state index in [0.29, 0.717) is 10.0 Å². The van der Waals surface area contributed by atoms with Crippen molar-refractivity contribution in [2.24, 2.45) is 0 Å². The van der Waals surface area contributed by atoms with Gasteiger partial charge in [-0.1, -0.05) is 23.1 Å². The van der Waals surface area contributed by atoms with Crippen LogP contribution in [0, 0.1) is 5.82 Å². The number of nitrogens with one attached hydrogen (secondary N) is 1. The molecule has 6 nitrogen and oxygen atoms in total. The summed E-state index contributed by atoms with van der Waals surface area (Å²) < 4.78 is 13.7. The molecular formula is C12H14FN5OS2. The number of nitrogens with two attached hydrogens (primary N) is 1. The van der Waals surface area contributed by atoms with Crippen molar-refractivity contribution >= 4 is 45.5 Å². The summed E-state index contributed by atoms with van der Waals surface area (Å²) in [7, 11) is 3.75. The van der Waals surface area contributed by atoms with Crippen LogP contribution in [0.5, 0.6) is 0 Å². The van der Waals surface area contributed by atoms with Gasteiger partial charge in [-0.15, -0.1) is 10.2 Å². The number of hydrogen-bond acceptors (Lipinski definition) is 7.